The number of Topliss-reactive ketones (excluding diaryl/α,β-unsaturated/α-hetero) is 1. The Morgan fingerprint density at radius 1 is 0.534 bits per heavy atom. The Hall–Kier alpha value is -4.93. The number of aliphatic hydroxyl groups is 2. The molecule has 9 heteroatoms. The van der Waals surface area contributed by atoms with Crippen molar-refractivity contribution in [1.29, 1.82) is 0 Å². The largest absolute Gasteiger partial charge is 0.497 e. The van der Waals surface area contributed by atoms with Crippen LogP contribution in [-0.2, 0) is 4.79 Å². The van der Waals surface area contributed by atoms with Crippen molar-refractivity contribution in [3.8, 4) is 11.5 Å². The van der Waals surface area contributed by atoms with E-state index in [2.05, 4.69) is 56.1 Å². The normalized spacial score (nSPS) is 22.7. The molecule has 296 valence electrons. The van der Waals surface area contributed by atoms with Crippen molar-refractivity contribution in [2.75, 3.05) is 24.0 Å². The molecule has 2 aliphatic rings. The lowest BCUT2D eigenvalue weighted by Crippen LogP contribution is -2.49. The van der Waals surface area contributed by atoms with E-state index < -0.39 is 36.4 Å². The summed E-state index contributed by atoms with van der Waals surface area (Å²) in [5.41, 5.74) is 5.37. The van der Waals surface area contributed by atoms with E-state index in [1.54, 1.807) is 14.2 Å². The van der Waals surface area contributed by atoms with E-state index in [1.807, 2.05) is 143 Å². The van der Waals surface area contributed by atoms with Crippen LogP contribution in [0, 0.1) is 0 Å². The van der Waals surface area contributed by atoms with Crippen LogP contribution in [0.4, 0.5) is 11.4 Å². The molecule has 6 aromatic carbocycles. The Balaban J connectivity index is 1.38. The Labute approximate surface area is 357 Å². The number of aliphatic hydroxyl groups excluding tert-OH is 2. The summed E-state index contributed by atoms with van der Waals surface area (Å²) in [5.74, 6) is -0.568. The highest BCUT2D eigenvalue weighted by Gasteiger charge is 2.54. The number of benzene rings is 6. The van der Waals surface area contributed by atoms with Gasteiger partial charge in [0.1, 0.15) is 24.0 Å². The van der Waals surface area contributed by atoms with Crippen molar-refractivity contribution in [2.24, 2.45) is 0 Å². The van der Waals surface area contributed by atoms with Crippen LogP contribution in [0.3, 0.4) is 0 Å². The van der Waals surface area contributed by atoms with Gasteiger partial charge in [0.15, 0.2) is 5.78 Å². The van der Waals surface area contributed by atoms with Gasteiger partial charge in [0.05, 0.1) is 38.1 Å². The molecule has 2 aliphatic heterocycles. The molecular formula is C49H46Br2N2O5. The molecule has 2 fully saturated rings. The average molecular weight is 903 g/mol. The van der Waals surface area contributed by atoms with E-state index in [0.717, 1.165) is 42.6 Å². The lowest BCUT2D eigenvalue weighted by Gasteiger charge is -2.42. The first-order valence-corrected chi connectivity index (χ1v) is 21.2. The number of rotatable bonds is 12. The predicted octanol–water partition coefficient (Wildman–Crippen LogP) is 10.4. The third kappa shape index (κ3) is 7.93. The van der Waals surface area contributed by atoms with Crippen molar-refractivity contribution < 1.29 is 24.5 Å². The molecule has 0 aliphatic carbocycles. The third-order valence-electron chi connectivity index (χ3n) is 12.0. The smallest absolute Gasteiger partial charge is 0.151 e. The number of ketones is 1. The minimum atomic E-state index is -0.867. The standard InChI is InChI=1S/C49H46Br2N2O5/c1-57-39-25-13-33(14-26-39)45(47-41(31-9-5-3-6-10-31)29-43(54)52(47)37-21-17-35(50)18-22-37)49(56)46(34-15-27-40(58-2)28-16-34)48-42(32-11-7-4-8-12-32)30-44(55)53(48)38-23-19-36(51)20-24-38/h3-28,41-48,54-55H,29-30H2,1-2H3/t41-,42-,43+,44+,45?,46?,47+,48+/m0/s1. The van der Waals surface area contributed by atoms with E-state index in [0.29, 0.717) is 24.3 Å². The molecule has 0 radical (unpaired) electrons. The minimum Gasteiger partial charge on any atom is -0.497 e. The van der Waals surface area contributed by atoms with E-state index >= 15 is 4.79 Å². The fourth-order valence-electron chi connectivity index (χ4n) is 9.39. The molecule has 2 saturated heterocycles. The maximum absolute atomic E-state index is 16.7. The van der Waals surface area contributed by atoms with Crippen LogP contribution in [0.5, 0.6) is 11.5 Å². The fourth-order valence-corrected chi connectivity index (χ4v) is 9.92. The molecule has 0 amide bonds. The fraction of sp³-hybridized carbons (Fsp3) is 0.245. The number of halogens is 2. The first-order chi connectivity index (χ1) is 28.2. The monoisotopic (exact) mass is 900 g/mol. The van der Waals surface area contributed by atoms with Crippen molar-refractivity contribution in [3.63, 3.8) is 0 Å². The Bertz CT molecular complexity index is 2110. The number of ether oxygens (including phenoxy) is 2. The molecule has 0 aromatic heterocycles. The zero-order chi connectivity index (χ0) is 40.3. The van der Waals surface area contributed by atoms with Gasteiger partial charge in [0, 0.05) is 45.0 Å². The number of carbonyl (C=O) groups excluding carboxylic acids is 1. The van der Waals surface area contributed by atoms with Crippen LogP contribution >= 0.6 is 31.9 Å². The van der Waals surface area contributed by atoms with E-state index in [1.165, 1.54) is 0 Å². The second-order valence-corrected chi connectivity index (χ2v) is 17.0. The van der Waals surface area contributed by atoms with Gasteiger partial charge in [-0.05, 0) is 95.1 Å². The van der Waals surface area contributed by atoms with Gasteiger partial charge in [-0.1, -0.05) is 117 Å². The summed E-state index contributed by atoms with van der Waals surface area (Å²) in [6.45, 7) is 0. The number of hydrogen-bond acceptors (Lipinski definition) is 7. The summed E-state index contributed by atoms with van der Waals surface area (Å²) >= 11 is 7.21. The molecule has 8 rings (SSSR count). The maximum Gasteiger partial charge on any atom is 0.151 e. The molecule has 2 heterocycles. The van der Waals surface area contributed by atoms with Gasteiger partial charge in [-0.2, -0.15) is 0 Å². The Kier molecular flexibility index (Phi) is 12.0. The summed E-state index contributed by atoms with van der Waals surface area (Å²) in [4.78, 5) is 20.8. The summed E-state index contributed by atoms with van der Waals surface area (Å²) in [7, 11) is 3.27. The van der Waals surface area contributed by atoms with Gasteiger partial charge in [-0.25, -0.2) is 0 Å². The number of anilines is 2. The molecule has 0 saturated carbocycles. The Morgan fingerprint density at radius 2 is 0.879 bits per heavy atom. The minimum absolute atomic E-state index is 0.0142. The van der Waals surface area contributed by atoms with Crippen LogP contribution < -0.4 is 19.3 Å². The van der Waals surface area contributed by atoms with E-state index in [4.69, 9.17) is 9.47 Å². The van der Waals surface area contributed by atoms with Gasteiger partial charge < -0.3 is 29.5 Å². The second kappa shape index (κ2) is 17.5. The zero-order valence-corrected chi connectivity index (χ0v) is 35.5. The topological polar surface area (TPSA) is 82.5 Å². The van der Waals surface area contributed by atoms with Crippen LogP contribution in [-0.4, -0.2) is 54.8 Å². The number of nitrogens with zero attached hydrogens (tertiary/aromatic N) is 2. The number of methoxy groups -OCH3 is 2. The molecule has 7 nitrogen and oxygen atoms in total. The van der Waals surface area contributed by atoms with Crippen molar-refractivity contribution in [2.45, 2.75) is 61.1 Å². The van der Waals surface area contributed by atoms with Crippen molar-refractivity contribution >= 4 is 49.0 Å². The molecule has 0 bridgehead atoms. The summed E-state index contributed by atoms with van der Waals surface area (Å²) in [6.07, 6.45) is -0.877. The third-order valence-corrected chi connectivity index (χ3v) is 13.0. The molecule has 8 atom stereocenters. The molecule has 6 aromatic rings. The molecule has 0 spiro atoms. The maximum atomic E-state index is 16.7. The number of carbonyl (C=O) groups is 1. The van der Waals surface area contributed by atoms with E-state index in [9.17, 15) is 10.2 Å². The highest BCUT2D eigenvalue weighted by Crippen LogP contribution is 2.52. The first kappa shape index (κ1) is 39.9. The quantitative estimate of drug-likeness (QED) is 0.127. The molecule has 2 N–H and O–H groups in total. The summed E-state index contributed by atoms with van der Waals surface area (Å²) in [5, 5.41) is 24.3. The van der Waals surface area contributed by atoms with Crippen LogP contribution in [0.15, 0.2) is 167 Å². The van der Waals surface area contributed by atoms with Crippen LogP contribution in [0.2, 0.25) is 0 Å². The average Bonchev–Trinajstić information content (AvgIpc) is 3.78. The predicted molar refractivity (Wildman–Crippen MR) is 237 cm³/mol. The van der Waals surface area contributed by atoms with Gasteiger partial charge in [-0.3, -0.25) is 4.79 Å². The highest BCUT2D eigenvalue weighted by atomic mass is 79.9. The molecular weight excluding hydrogens is 856 g/mol. The zero-order valence-electron chi connectivity index (χ0n) is 32.3. The van der Waals surface area contributed by atoms with Crippen molar-refractivity contribution in [1.82, 2.24) is 0 Å². The first-order valence-electron chi connectivity index (χ1n) is 19.6. The highest BCUT2D eigenvalue weighted by molar-refractivity contribution is 9.10. The van der Waals surface area contributed by atoms with Crippen molar-refractivity contribution in [3.05, 3.63) is 189 Å². The van der Waals surface area contributed by atoms with E-state index in [-0.39, 0.29) is 17.6 Å². The van der Waals surface area contributed by atoms with Gasteiger partial charge >= 0.3 is 0 Å². The lowest BCUT2D eigenvalue weighted by atomic mass is 9.70. The van der Waals surface area contributed by atoms with Gasteiger partial charge in [-0.15, -0.1) is 0 Å². The van der Waals surface area contributed by atoms with Crippen LogP contribution in [0.25, 0.3) is 0 Å². The summed E-state index contributed by atoms with van der Waals surface area (Å²) in [6, 6.07) is 50.9. The lowest BCUT2D eigenvalue weighted by molar-refractivity contribution is -0.123. The number of hydrogen-bond donors (Lipinski definition) is 2. The molecule has 58 heavy (non-hydrogen) atoms. The SMILES string of the molecule is COc1ccc(C(C(=O)C(c2ccc(OC)cc2)[C@H]2[C@H](c3ccccc3)C[C@@H](O)N2c2ccc(Br)cc2)[C@H]2[C@H](c3ccccc3)C[C@@H](O)N2c2ccc(Br)cc2)cc1. The van der Waals surface area contributed by atoms with Crippen LogP contribution in [0.1, 0.15) is 58.8 Å². The second-order valence-electron chi connectivity index (χ2n) is 15.1. The summed E-state index contributed by atoms with van der Waals surface area (Å²) < 4.78 is 13.1. The van der Waals surface area contributed by atoms with Gasteiger partial charge in [0.2, 0.25) is 0 Å². The molecule has 2 unspecified atom stereocenters. The van der Waals surface area contributed by atoms with Gasteiger partial charge in [0.25, 0.3) is 0 Å². The Morgan fingerprint density at radius 3 is 1.21 bits per heavy atom.